The smallest absolute Gasteiger partial charge is 0.285 e. The number of aryl methyl sites for hydroxylation is 1. The van der Waals surface area contributed by atoms with Gasteiger partial charge in [0.05, 0.1) is 4.92 Å². The Kier molecular flexibility index (Phi) is 3.07. The summed E-state index contributed by atoms with van der Waals surface area (Å²) in [5.41, 5.74) is 0.687. The Balaban J connectivity index is 2.56. The molecule has 1 aromatic heterocycles. The van der Waals surface area contributed by atoms with Gasteiger partial charge in [0.15, 0.2) is 5.82 Å². The number of nitro benzene ring substituents is 1. The summed E-state index contributed by atoms with van der Waals surface area (Å²) in [6.07, 6.45) is -0.883. The second-order valence-corrected chi connectivity index (χ2v) is 3.86. The first-order valence-electron chi connectivity index (χ1n) is 5.26. The molecule has 0 spiro atoms. The number of hydrogen-bond donors (Lipinski definition) is 1. The fourth-order valence-corrected chi connectivity index (χ4v) is 1.59. The van der Waals surface area contributed by atoms with Crippen LogP contribution in [0.3, 0.4) is 0 Å². The summed E-state index contributed by atoms with van der Waals surface area (Å²) in [5.74, 6) is 0.127. The van der Waals surface area contributed by atoms with E-state index in [1.807, 2.05) is 0 Å². The van der Waals surface area contributed by atoms with E-state index >= 15 is 0 Å². The van der Waals surface area contributed by atoms with Gasteiger partial charge in [-0.15, -0.1) is 0 Å². The molecule has 0 aliphatic heterocycles. The molecular weight excluding hydrogens is 238 g/mol. The molecule has 94 valence electrons. The first-order valence-corrected chi connectivity index (χ1v) is 5.26. The highest BCUT2D eigenvalue weighted by Crippen LogP contribution is 2.31. The lowest BCUT2D eigenvalue weighted by atomic mass is 10.1. The van der Waals surface area contributed by atoms with Crippen molar-refractivity contribution < 1.29 is 14.6 Å². The summed E-state index contributed by atoms with van der Waals surface area (Å²) >= 11 is 0. The van der Waals surface area contributed by atoms with Crippen LogP contribution in [0.1, 0.15) is 24.4 Å². The van der Waals surface area contributed by atoms with Gasteiger partial charge in [-0.1, -0.05) is 17.3 Å². The summed E-state index contributed by atoms with van der Waals surface area (Å²) in [6, 6.07) is 4.84. The van der Waals surface area contributed by atoms with E-state index in [4.69, 9.17) is 4.52 Å². The van der Waals surface area contributed by atoms with E-state index in [1.54, 1.807) is 19.1 Å². The van der Waals surface area contributed by atoms with Gasteiger partial charge in [0.25, 0.3) is 11.6 Å². The number of benzene rings is 1. The molecule has 7 heteroatoms. The summed E-state index contributed by atoms with van der Waals surface area (Å²) in [5, 5.41) is 23.9. The maximum atomic E-state index is 11.0. The van der Waals surface area contributed by atoms with Crippen LogP contribution in [0.2, 0.25) is 0 Å². The maximum absolute atomic E-state index is 11.0. The number of aliphatic hydroxyl groups is 1. The molecule has 0 radical (unpaired) electrons. The van der Waals surface area contributed by atoms with Crippen LogP contribution in [-0.2, 0) is 0 Å². The SMILES string of the molecule is Cc1cccc(-c2nc(C(C)O)no2)c1[N+](=O)[O-]. The molecule has 1 atom stereocenters. The average molecular weight is 249 g/mol. The molecule has 1 unspecified atom stereocenters. The lowest BCUT2D eigenvalue weighted by Gasteiger charge is -2.00. The largest absolute Gasteiger partial charge is 0.385 e. The van der Waals surface area contributed by atoms with Crippen LogP contribution in [0.4, 0.5) is 5.69 Å². The van der Waals surface area contributed by atoms with Gasteiger partial charge < -0.3 is 9.63 Å². The average Bonchev–Trinajstić information content (AvgIpc) is 2.77. The Hall–Kier alpha value is -2.28. The highest BCUT2D eigenvalue weighted by molar-refractivity contribution is 5.69. The molecule has 0 amide bonds. The van der Waals surface area contributed by atoms with Crippen molar-refractivity contribution in [3.8, 4) is 11.5 Å². The van der Waals surface area contributed by atoms with E-state index in [9.17, 15) is 15.2 Å². The van der Waals surface area contributed by atoms with Crippen LogP contribution in [0.15, 0.2) is 22.7 Å². The molecule has 1 aromatic carbocycles. The normalized spacial score (nSPS) is 12.4. The molecule has 7 nitrogen and oxygen atoms in total. The highest BCUT2D eigenvalue weighted by Gasteiger charge is 2.23. The minimum Gasteiger partial charge on any atom is -0.385 e. The molecule has 2 aromatic rings. The molecule has 0 aliphatic rings. The van der Waals surface area contributed by atoms with Crippen molar-refractivity contribution in [3.05, 3.63) is 39.7 Å². The highest BCUT2D eigenvalue weighted by atomic mass is 16.6. The van der Waals surface area contributed by atoms with E-state index in [-0.39, 0.29) is 23.0 Å². The van der Waals surface area contributed by atoms with Crippen LogP contribution < -0.4 is 0 Å². The van der Waals surface area contributed by atoms with Crippen molar-refractivity contribution in [1.29, 1.82) is 0 Å². The zero-order valence-corrected chi connectivity index (χ0v) is 9.82. The van der Waals surface area contributed by atoms with Crippen molar-refractivity contribution in [1.82, 2.24) is 10.1 Å². The topological polar surface area (TPSA) is 102 Å². The van der Waals surface area contributed by atoms with Crippen LogP contribution in [-0.4, -0.2) is 20.2 Å². The number of nitro groups is 1. The predicted molar refractivity (Wildman–Crippen MR) is 61.8 cm³/mol. The van der Waals surface area contributed by atoms with E-state index < -0.39 is 11.0 Å². The first kappa shape index (κ1) is 12.2. The van der Waals surface area contributed by atoms with Gasteiger partial charge in [-0.25, -0.2) is 0 Å². The first-order chi connectivity index (χ1) is 8.50. The van der Waals surface area contributed by atoms with Crippen LogP contribution in [0.25, 0.3) is 11.5 Å². The Labute approximate surface area is 102 Å². The number of para-hydroxylation sites is 1. The van der Waals surface area contributed by atoms with Crippen molar-refractivity contribution in [2.24, 2.45) is 0 Å². The van der Waals surface area contributed by atoms with Crippen LogP contribution >= 0.6 is 0 Å². The number of aliphatic hydroxyl groups excluding tert-OH is 1. The standard InChI is InChI=1S/C11H11N3O4/c1-6-4-3-5-8(9(6)14(16)17)11-12-10(7(2)15)13-18-11/h3-5,7,15H,1-2H3. The summed E-state index contributed by atoms with van der Waals surface area (Å²) in [7, 11) is 0. The van der Waals surface area contributed by atoms with E-state index in [2.05, 4.69) is 10.1 Å². The lowest BCUT2D eigenvalue weighted by molar-refractivity contribution is -0.384. The lowest BCUT2D eigenvalue weighted by Crippen LogP contribution is -1.96. The van der Waals surface area contributed by atoms with Crippen molar-refractivity contribution in [2.45, 2.75) is 20.0 Å². The minimum atomic E-state index is -0.883. The molecule has 0 saturated carbocycles. The molecule has 1 N–H and O–H groups in total. The Morgan fingerprint density at radius 1 is 1.50 bits per heavy atom. The third-order valence-electron chi connectivity index (χ3n) is 2.47. The Morgan fingerprint density at radius 3 is 2.78 bits per heavy atom. The van der Waals surface area contributed by atoms with Gasteiger partial charge in [0, 0.05) is 5.56 Å². The second kappa shape index (κ2) is 4.53. The number of nitrogens with zero attached hydrogens (tertiary/aromatic N) is 3. The monoisotopic (exact) mass is 249 g/mol. The van der Waals surface area contributed by atoms with Gasteiger partial charge in [0.1, 0.15) is 11.7 Å². The fourth-order valence-electron chi connectivity index (χ4n) is 1.59. The fraction of sp³-hybridized carbons (Fsp3) is 0.273. The number of rotatable bonds is 3. The zero-order valence-electron chi connectivity index (χ0n) is 9.82. The summed E-state index contributed by atoms with van der Waals surface area (Å²) < 4.78 is 4.93. The molecular formula is C11H11N3O4. The number of aromatic nitrogens is 2. The summed E-state index contributed by atoms with van der Waals surface area (Å²) in [6.45, 7) is 3.12. The van der Waals surface area contributed by atoms with Gasteiger partial charge in [-0.3, -0.25) is 10.1 Å². The van der Waals surface area contributed by atoms with Crippen molar-refractivity contribution in [2.75, 3.05) is 0 Å². The predicted octanol–water partition coefficient (Wildman–Crippen LogP) is 2.01. The van der Waals surface area contributed by atoms with Crippen LogP contribution in [0.5, 0.6) is 0 Å². The van der Waals surface area contributed by atoms with Gasteiger partial charge in [-0.2, -0.15) is 4.98 Å². The molecule has 1 heterocycles. The van der Waals surface area contributed by atoms with Crippen molar-refractivity contribution in [3.63, 3.8) is 0 Å². The van der Waals surface area contributed by atoms with Crippen LogP contribution in [0, 0.1) is 17.0 Å². The molecule has 0 fully saturated rings. The zero-order chi connectivity index (χ0) is 13.3. The third-order valence-corrected chi connectivity index (χ3v) is 2.47. The molecule has 2 rings (SSSR count). The van der Waals surface area contributed by atoms with E-state index in [1.165, 1.54) is 13.0 Å². The molecule has 18 heavy (non-hydrogen) atoms. The molecule has 0 aliphatic carbocycles. The quantitative estimate of drug-likeness (QED) is 0.659. The Morgan fingerprint density at radius 2 is 2.22 bits per heavy atom. The van der Waals surface area contributed by atoms with Gasteiger partial charge in [0.2, 0.25) is 0 Å². The molecule has 0 saturated heterocycles. The third kappa shape index (κ3) is 2.07. The maximum Gasteiger partial charge on any atom is 0.285 e. The van der Waals surface area contributed by atoms with E-state index in [0.29, 0.717) is 5.56 Å². The molecule has 0 bridgehead atoms. The van der Waals surface area contributed by atoms with Gasteiger partial charge in [-0.05, 0) is 19.9 Å². The summed E-state index contributed by atoms with van der Waals surface area (Å²) in [4.78, 5) is 14.5. The van der Waals surface area contributed by atoms with Crippen molar-refractivity contribution >= 4 is 5.69 Å². The Bertz CT molecular complexity index is 592. The second-order valence-electron chi connectivity index (χ2n) is 3.86. The number of hydrogen-bond acceptors (Lipinski definition) is 6. The minimum absolute atomic E-state index is 0.0290. The van der Waals surface area contributed by atoms with Gasteiger partial charge >= 0.3 is 0 Å². The van der Waals surface area contributed by atoms with E-state index in [0.717, 1.165) is 0 Å².